The van der Waals surface area contributed by atoms with Crippen molar-refractivity contribution in [3.05, 3.63) is 10.5 Å². The molecule has 0 amide bonds. The van der Waals surface area contributed by atoms with Crippen LogP contribution in [0, 0.1) is 5.92 Å². The lowest BCUT2D eigenvalue weighted by molar-refractivity contribution is 0.00344. The van der Waals surface area contributed by atoms with Crippen LogP contribution < -0.4 is 5.69 Å². The Morgan fingerprint density at radius 1 is 1.35 bits per heavy atom. The van der Waals surface area contributed by atoms with Crippen LogP contribution in [-0.4, -0.2) is 45.9 Å². The minimum atomic E-state index is -0.148. The van der Waals surface area contributed by atoms with Gasteiger partial charge in [0.25, 0.3) is 0 Å². The Hall–Kier alpha value is -0.790. The van der Waals surface area contributed by atoms with Gasteiger partial charge in [0.05, 0.1) is 25.4 Å². The molecule has 1 aliphatic heterocycles. The fraction of sp³-hybridized carbons (Fsp3) is 0.875. The number of hydrogen-bond acceptors (Lipinski definition) is 5. The van der Waals surface area contributed by atoms with Crippen molar-refractivity contribution in [1.82, 2.24) is 14.8 Å². The molecule has 1 saturated carbocycles. The maximum Gasteiger partial charge on any atom is 0.344 e. The Morgan fingerprint density at radius 3 is 3.00 bits per heavy atom. The van der Waals surface area contributed by atoms with Crippen LogP contribution >= 0.6 is 11.8 Å². The first kappa shape index (κ1) is 17.0. The van der Waals surface area contributed by atoms with E-state index in [4.69, 9.17) is 9.47 Å². The standard InChI is InChI=1S/C16H27N3O3S/c1-12-5-2-3-7-14(12)22-9-10-23-16-18-17-15(20)19(16)11-13-6-4-8-21-13/h12-14H,2-11H2,1H3,(H,17,20). The average Bonchev–Trinajstić information content (AvgIpc) is 3.18. The molecule has 0 spiro atoms. The van der Waals surface area contributed by atoms with Gasteiger partial charge in [0, 0.05) is 12.4 Å². The molecule has 2 fully saturated rings. The number of hydrogen-bond donors (Lipinski definition) is 1. The second-order valence-electron chi connectivity index (χ2n) is 6.58. The summed E-state index contributed by atoms with van der Waals surface area (Å²) in [7, 11) is 0. The van der Waals surface area contributed by atoms with Crippen LogP contribution in [0.15, 0.2) is 9.95 Å². The molecule has 0 aromatic carbocycles. The minimum Gasteiger partial charge on any atom is -0.377 e. The van der Waals surface area contributed by atoms with E-state index in [0.717, 1.165) is 30.4 Å². The van der Waals surface area contributed by atoms with E-state index in [9.17, 15) is 4.79 Å². The van der Waals surface area contributed by atoms with E-state index in [2.05, 4.69) is 17.1 Å². The normalized spacial score (nSPS) is 28.3. The Kier molecular flexibility index (Phi) is 6.19. The van der Waals surface area contributed by atoms with E-state index >= 15 is 0 Å². The predicted molar refractivity (Wildman–Crippen MR) is 89.9 cm³/mol. The number of nitrogens with one attached hydrogen (secondary N) is 1. The molecular formula is C16H27N3O3S. The lowest BCUT2D eigenvalue weighted by Crippen LogP contribution is -2.26. The molecule has 3 atom stereocenters. The topological polar surface area (TPSA) is 69.1 Å². The van der Waals surface area contributed by atoms with E-state index < -0.39 is 0 Å². The molecule has 0 radical (unpaired) electrons. The molecule has 3 rings (SSSR count). The van der Waals surface area contributed by atoms with Crippen molar-refractivity contribution in [3.63, 3.8) is 0 Å². The summed E-state index contributed by atoms with van der Waals surface area (Å²) in [6.07, 6.45) is 7.70. The second kappa shape index (κ2) is 8.35. The van der Waals surface area contributed by atoms with Gasteiger partial charge in [0.15, 0.2) is 5.16 Å². The predicted octanol–water partition coefficient (Wildman–Crippen LogP) is 2.44. The number of nitrogens with zero attached hydrogens (tertiary/aromatic N) is 2. The van der Waals surface area contributed by atoms with Crippen molar-refractivity contribution >= 4 is 11.8 Å². The van der Waals surface area contributed by atoms with Crippen LogP contribution in [0.5, 0.6) is 0 Å². The maximum absolute atomic E-state index is 11.9. The molecule has 23 heavy (non-hydrogen) atoms. The molecule has 7 heteroatoms. The number of thioether (sulfide) groups is 1. The van der Waals surface area contributed by atoms with Crippen LogP contribution in [-0.2, 0) is 16.0 Å². The fourth-order valence-electron chi connectivity index (χ4n) is 3.43. The van der Waals surface area contributed by atoms with Gasteiger partial charge in [-0.05, 0) is 31.6 Å². The molecule has 1 aromatic heterocycles. The summed E-state index contributed by atoms with van der Waals surface area (Å²) >= 11 is 1.58. The third kappa shape index (κ3) is 4.61. The molecule has 0 bridgehead atoms. The van der Waals surface area contributed by atoms with E-state index in [1.165, 1.54) is 25.7 Å². The van der Waals surface area contributed by atoms with Crippen LogP contribution in [0.4, 0.5) is 0 Å². The largest absolute Gasteiger partial charge is 0.377 e. The summed E-state index contributed by atoms with van der Waals surface area (Å²) in [6.45, 7) is 4.38. The molecular weight excluding hydrogens is 314 g/mol. The number of ether oxygens (including phenoxy) is 2. The number of rotatable bonds is 7. The molecule has 6 nitrogen and oxygen atoms in total. The van der Waals surface area contributed by atoms with Crippen molar-refractivity contribution < 1.29 is 9.47 Å². The van der Waals surface area contributed by atoms with Gasteiger partial charge in [-0.3, -0.25) is 4.57 Å². The SMILES string of the molecule is CC1CCCCC1OCCSc1n[nH]c(=O)n1CC1CCCO1. The van der Waals surface area contributed by atoms with Crippen molar-refractivity contribution in [2.75, 3.05) is 19.0 Å². The van der Waals surface area contributed by atoms with Crippen molar-refractivity contribution in [2.45, 2.75) is 69.4 Å². The van der Waals surface area contributed by atoms with Crippen LogP contribution in [0.2, 0.25) is 0 Å². The zero-order valence-corrected chi connectivity index (χ0v) is 14.6. The van der Waals surface area contributed by atoms with Crippen molar-refractivity contribution in [1.29, 1.82) is 0 Å². The summed E-state index contributed by atoms with van der Waals surface area (Å²) < 4.78 is 13.3. The van der Waals surface area contributed by atoms with Crippen LogP contribution in [0.1, 0.15) is 45.4 Å². The monoisotopic (exact) mass is 341 g/mol. The van der Waals surface area contributed by atoms with Gasteiger partial charge < -0.3 is 9.47 Å². The van der Waals surface area contributed by atoms with E-state index in [-0.39, 0.29) is 11.8 Å². The highest BCUT2D eigenvalue weighted by Crippen LogP contribution is 2.26. The first-order valence-corrected chi connectivity index (χ1v) is 9.74. The first-order valence-electron chi connectivity index (χ1n) is 8.75. The Labute approximate surface area is 141 Å². The zero-order valence-electron chi connectivity index (χ0n) is 13.8. The lowest BCUT2D eigenvalue weighted by atomic mass is 9.88. The molecule has 130 valence electrons. The Balaban J connectivity index is 1.45. The van der Waals surface area contributed by atoms with Gasteiger partial charge in [-0.15, -0.1) is 5.10 Å². The fourth-order valence-corrected chi connectivity index (χ4v) is 4.21. The Morgan fingerprint density at radius 2 is 2.22 bits per heavy atom. The molecule has 2 heterocycles. The highest BCUT2D eigenvalue weighted by atomic mass is 32.2. The molecule has 1 aromatic rings. The molecule has 2 aliphatic rings. The summed E-state index contributed by atoms with van der Waals surface area (Å²) in [5.41, 5.74) is -0.148. The highest BCUT2D eigenvalue weighted by molar-refractivity contribution is 7.99. The highest BCUT2D eigenvalue weighted by Gasteiger charge is 2.22. The molecule has 1 N–H and O–H groups in total. The van der Waals surface area contributed by atoms with Gasteiger partial charge in [0.2, 0.25) is 0 Å². The smallest absolute Gasteiger partial charge is 0.344 e. The number of aromatic nitrogens is 3. The summed E-state index contributed by atoms with van der Waals surface area (Å²) in [5, 5.41) is 7.42. The van der Waals surface area contributed by atoms with Crippen molar-refractivity contribution in [3.8, 4) is 0 Å². The maximum atomic E-state index is 11.9. The lowest BCUT2D eigenvalue weighted by Gasteiger charge is -2.28. The molecule has 1 saturated heterocycles. The van der Waals surface area contributed by atoms with Crippen LogP contribution in [0.25, 0.3) is 0 Å². The van der Waals surface area contributed by atoms with Gasteiger partial charge in [-0.25, -0.2) is 9.89 Å². The van der Waals surface area contributed by atoms with Gasteiger partial charge in [0.1, 0.15) is 0 Å². The third-order valence-electron chi connectivity index (χ3n) is 4.81. The summed E-state index contributed by atoms with van der Waals surface area (Å²) in [5.74, 6) is 1.48. The van der Waals surface area contributed by atoms with Gasteiger partial charge in [-0.1, -0.05) is 31.5 Å². The quantitative estimate of drug-likeness (QED) is 0.609. The second-order valence-corrected chi connectivity index (χ2v) is 7.64. The van der Waals surface area contributed by atoms with E-state index in [0.29, 0.717) is 25.2 Å². The molecule has 3 unspecified atom stereocenters. The summed E-state index contributed by atoms with van der Waals surface area (Å²) in [4.78, 5) is 11.9. The zero-order chi connectivity index (χ0) is 16.1. The average molecular weight is 341 g/mol. The number of H-pyrrole nitrogens is 1. The van der Waals surface area contributed by atoms with Crippen molar-refractivity contribution in [2.24, 2.45) is 5.92 Å². The number of aromatic amines is 1. The first-order chi connectivity index (χ1) is 11.2. The van der Waals surface area contributed by atoms with Gasteiger partial charge in [-0.2, -0.15) is 0 Å². The Bertz CT molecular complexity index is 539. The van der Waals surface area contributed by atoms with E-state index in [1.54, 1.807) is 16.3 Å². The third-order valence-corrected chi connectivity index (χ3v) is 5.75. The molecule has 1 aliphatic carbocycles. The minimum absolute atomic E-state index is 0.143. The van der Waals surface area contributed by atoms with E-state index in [1.807, 2.05) is 0 Å². The van der Waals surface area contributed by atoms with Crippen LogP contribution in [0.3, 0.4) is 0 Å². The summed E-state index contributed by atoms with van der Waals surface area (Å²) in [6, 6.07) is 0. The van der Waals surface area contributed by atoms with Gasteiger partial charge >= 0.3 is 5.69 Å².